The molecule has 0 radical (unpaired) electrons. The van der Waals surface area contributed by atoms with Crippen LogP contribution in [0.15, 0.2) is 89.8 Å². The Morgan fingerprint density at radius 1 is 0.879 bits per heavy atom. The second kappa shape index (κ2) is 12.9. The van der Waals surface area contributed by atoms with Crippen LogP contribution in [0, 0.1) is 6.92 Å². The molecule has 1 N–H and O–H groups in total. The molecule has 0 saturated heterocycles. The summed E-state index contributed by atoms with van der Waals surface area (Å²) >= 11 is 1.50. The number of rotatable bonds is 11. The molecule has 0 aromatic heterocycles. The van der Waals surface area contributed by atoms with Gasteiger partial charge in [-0.15, -0.1) is 11.8 Å². The zero-order valence-corrected chi connectivity index (χ0v) is 20.2. The van der Waals surface area contributed by atoms with Crippen LogP contribution in [0.2, 0.25) is 0 Å². The molecule has 33 heavy (non-hydrogen) atoms. The normalized spacial score (nSPS) is 11.6. The van der Waals surface area contributed by atoms with Gasteiger partial charge in [0.1, 0.15) is 6.04 Å². The van der Waals surface area contributed by atoms with Crippen molar-refractivity contribution in [1.82, 2.24) is 10.2 Å². The molecule has 4 nitrogen and oxygen atoms in total. The Balaban J connectivity index is 1.87. The third kappa shape index (κ3) is 7.79. The van der Waals surface area contributed by atoms with Crippen LogP contribution in [0.3, 0.4) is 0 Å². The van der Waals surface area contributed by atoms with Crippen molar-refractivity contribution in [2.45, 2.75) is 44.2 Å². The van der Waals surface area contributed by atoms with Gasteiger partial charge in [0, 0.05) is 24.4 Å². The van der Waals surface area contributed by atoms with Gasteiger partial charge in [0.15, 0.2) is 0 Å². The fourth-order valence-corrected chi connectivity index (χ4v) is 4.36. The fraction of sp³-hybridized carbons (Fsp3) is 0.286. The molecule has 5 heteroatoms. The van der Waals surface area contributed by atoms with E-state index in [1.165, 1.54) is 11.8 Å². The monoisotopic (exact) mass is 460 g/mol. The van der Waals surface area contributed by atoms with Crippen molar-refractivity contribution in [3.63, 3.8) is 0 Å². The van der Waals surface area contributed by atoms with Gasteiger partial charge in [-0.1, -0.05) is 85.3 Å². The van der Waals surface area contributed by atoms with E-state index >= 15 is 0 Å². The number of nitrogens with one attached hydrogen (secondary N) is 1. The van der Waals surface area contributed by atoms with Gasteiger partial charge in [-0.25, -0.2) is 0 Å². The Morgan fingerprint density at radius 2 is 1.52 bits per heavy atom. The molecular formula is C28H32N2O2S. The average molecular weight is 461 g/mol. The highest BCUT2D eigenvalue weighted by Crippen LogP contribution is 2.21. The van der Waals surface area contributed by atoms with Crippen LogP contribution in [0.4, 0.5) is 0 Å². The molecular weight excluding hydrogens is 428 g/mol. The van der Waals surface area contributed by atoms with E-state index in [1.807, 2.05) is 98.8 Å². The van der Waals surface area contributed by atoms with E-state index in [4.69, 9.17) is 0 Å². The van der Waals surface area contributed by atoms with Crippen LogP contribution in [0.5, 0.6) is 0 Å². The SMILES string of the molecule is CCCNC(=O)[C@H](Cc1ccccc1)N(Cc1ccc(C)cc1)C(=O)CSc1ccccc1. The smallest absolute Gasteiger partial charge is 0.243 e. The average Bonchev–Trinajstić information content (AvgIpc) is 2.85. The lowest BCUT2D eigenvalue weighted by molar-refractivity contribution is -0.139. The molecule has 3 aromatic rings. The molecule has 3 rings (SSSR count). The fourth-order valence-electron chi connectivity index (χ4n) is 3.55. The Bertz CT molecular complexity index is 1010. The lowest BCUT2D eigenvalue weighted by Crippen LogP contribution is -2.51. The molecule has 0 aliphatic rings. The zero-order chi connectivity index (χ0) is 23.5. The van der Waals surface area contributed by atoms with Crippen molar-refractivity contribution < 1.29 is 9.59 Å². The number of aryl methyl sites for hydroxylation is 1. The van der Waals surface area contributed by atoms with Gasteiger partial charge in [0.2, 0.25) is 11.8 Å². The first-order valence-electron chi connectivity index (χ1n) is 11.4. The molecule has 0 aliphatic carbocycles. The Kier molecular flexibility index (Phi) is 9.58. The van der Waals surface area contributed by atoms with Gasteiger partial charge in [0.05, 0.1) is 5.75 Å². The maximum Gasteiger partial charge on any atom is 0.243 e. The van der Waals surface area contributed by atoms with Crippen molar-refractivity contribution in [2.75, 3.05) is 12.3 Å². The largest absolute Gasteiger partial charge is 0.354 e. The molecule has 1 atom stereocenters. The first kappa shape index (κ1) is 24.6. The molecule has 172 valence electrons. The number of hydrogen-bond donors (Lipinski definition) is 1. The molecule has 0 unspecified atom stereocenters. The van der Waals surface area contributed by atoms with E-state index in [1.54, 1.807) is 4.90 Å². The molecule has 0 saturated carbocycles. The maximum absolute atomic E-state index is 13.5. The third-order valence-electron chi connectivity index (χ3n) is 5.40. The predicted octanol–water partition coefficient (Wildman–Crippen LogP) is 5.25. The lowest BCUT2D eigenvalue weighted by atomic mass is 10.0. The van der Waals surface area contributed by atoms with Crippen LogP contribution in [0.1, 0.15) is 30.0 Å². The summed E-state index contributed by atoms with van der Waals surface area (Å²) in [5.74, 6) is 0.130. The summed E-state index contributed by atoms with van der Waals surface area (Å²) < 4.78 is 0. The van der Waals surface area contributed by atoms with E-state index < -0.39 is 6.04 Å². The summed E-state index contributed by atoms with van der Waals surface area (Å²) in [6.45, 7) is 5.05. The summed E-state index contributed by atoms with van der Waals surface area (Å²) in [5.41, 5.74) is 3.21. The Morgan fingerprint density at radius 3 is 2.15 bits per heavy atom. The van der Waals surface area contributed by atoms with Gasteiger partial charge in [-0.05, 0) is 36.6 Å². The number of hydrogen-bond acceptors (Lipinski definition) is 3. The third-order valence-corrected chi connectivity index (χ3v) is 6.40. The summed E-state index contributed by atoms with van der Waals surface area (Å²) in [4.78, 5) is 29.6. The van der Waals surface area contributed by atoms with Gasteiger partial charge in [-0.3, -0.25) is 9.59 Å². The minimum Gasteiger partial charge on any atom is -0.354 e. The van der Waals surface area contributed by atoms with E-state index in [0.29, 0.717) is 19.5 Å². The van der Waals surface area contributed by atoms with Gasteiger partial charge >= 0.3 is 0 Å². The van der Waals surface area contributed by atoms with E-state index in [-0.39, 0.29) is 17.6 Å². The van der Waals surface area contributed by atoms with Crippen molar-refractivity contribution in [2.24, 2.45) is 0 Å². The van der Waals surface area contributed by atoms with Crippen LogP contribution >= 0.6 is 11.8 Å². The number of benzene rings is 3. The van der Waals surface area contributed by atoms with Crippen LogP contribution < -0.4 is 5.32 Å². The molecule has 3 aromatic carbocycles. The van der Waals surface area contributed by atoms with Gasteiger partial charge < -0.3 is 10.2 Å². The number of thioether (sulfide) groups is 1. The van der Waals surface area contributed by atoms with Crippen molar-refractivity contribution >= 4 is 23.6 Å². The highest BCUT2D eigenvalue weighted by Gasteiger charge is 2.30. The summed E-state index contributed by atoms with van der Waals surface area (Å²) in [6.07, 6.45) is 1.32. The van der Waals surface area contributed by atoms with Crippen LogP contribution in [-0.4, -0.2) is 35.1 Å². The summed E-state index contributed by atoms with van der Waals surface area (Å²) in [6, 6.07) is 27.4. The van der Waals surface area contributed by atoms with Crippen molar-refractivity contribution in [3.8, 4) is 0 Å². The minimum atomic E-state index is -0.580. The Labute approximate surface area is 201 Å². The number of carbonyl (C=O) groups excluding carboxylic acids is 2. The highest BCUT2D eigenvalue weighted by atomic mass is 32.2. The second-order valence-electron chi connectivity index (χ2n) is 8.11. The zero-order valence-electron chi connectivity index (χ0n) is 19.4. The van der Waals surface area contributed by atoms with Gasteiger partial charge in [-0.2, -0.15) is 0 Å². The molecule has 0 fully saturated rings. The number of carbonyl (C=O) groups is 2. The molecule has 0 heterocycles. The predicted molar refractivity (Wildman–Crippen MR) is 136 cm³/mol. The standard InChI is InChI=1S/C28H32N2O2S/c1-3-18-29-28(32)26(19-23-10-6-4-7-11-23)30(20-24-16-14-22(2)15-17-24)27(31)21-33-25-12-8-5-9-13-25/h4-17,26H,3,18-21H2,1-2H3,(H,29,32)/t26-/m0/s1. The van der Waals surface area contributed by atoms with Crippen molar-refractivity contribution in [3.05, 3.63) is 102 Å². The topological polar surface area (TPSA) is 49.4 Å². The molecule has 0 aliphatic heterocycles. The first-order valence-corrected chi connectivity index (χ1v) is 12.4. The van der Waals surface area contributed by atoms with Crippen LogP contribution in [0.25, 0.3) is 0 Å². The summed E-state index contributed by atoms with van der Waals surface area (Å²) in [5, 5.41) is 3.02. The summed E-state index contributed by atoms with van der Waals surface area (Å²) in [7, 11) is 0. The molecule has 0 bridgehead atoms. The molecule has 2 amide bonds. The minimum absolute atomic E-state index is 0.0444. The highest BCUT2D eigenvalue weighted by molar-refractivity contribution is 8.00. The molecule has 0 spiro atoms. The van der Waals surface area contributed by atoms with E-state index in [9.17, 15) is 9.59 Å². The lowest BCUT2D eigenvalue weighted by Gasteiger charge is -2.31. The number of nitrogens with zero attached hydrogens (tertiary/aromatic N) is 1. The maximum atomic E-state index is 13.5. The quantitative estimate of drug-likeness (QED) is 0.398. The first-order chi connectivity index (χ1) is 16.1. The number of amides is 2. The van der Waals surface area contributed by atoms with E-state index in [2.05, 4.69) is 5.32 Å². The van der Waals surface area contributed by atoms with Gasteiger partial charge in [0.25, 0.3) is 0 Å². The van der Waals surface area contributed by atoms with E-state index in [0.717, 1.165) is 28.0 Å². The van der Waals surface area contributed by atoms with Crippen molar-refractivity contribution in [1.29, 1.82) is 0 Å². The second-order valence-corrected chi connectivity index (χ2v) is 9.15. The van der Waals surface area contributed by atoms with Crippen LogP contribution in [-0.2, 0) is 22.6 Å². The Hall–Kier alpha value is -3.05.